The highest BCUT2D eigenvalue weighted by Gasteiger charge is 2.41. The summed E-state index contributed by atoms with van der Waals surface area (Å²) in [6.45, 7) is 1.84. The summed E-state index contributed by atoms with van der Waals surface area (Å²) in [5, 5.41) is 0. The summed E-state index contributed by atoms with van der Waals surface area (Å²) in [7, 11) is 0. The Labute approximate surface area is 155 Å². The van der Waals surface area contributed by atoms with E-state index in [9.17, 15) is 13.2 Å². The summed E-state index contributed by atoms with van der Waals surface area (Å²) in [4.78, 5) is 9.86. The van der Waals surface area contributed by atoms with E-state index in [1.165, 1.54) is 12.4 Å². The van der Waals surface area contributed by atoms with Gasteiger partial charge in [0.2, 0.25) is 0 Å². The maximum absolute atomic E-state index is 14.2. The van der Waals surface area contributed by atoms with E-state index in [-0.39, 0.29) is 30.9 Å². The van der Waals surface area contributed by atoms with Crippen molar-refractivity contribution in [2.24, 2.45) is 0 Å². The standard InChI is InChI=1S/C19H21F3N4O/c1-18(2-3-18)27-16-7-12(15(23)9-14(16)20)6-13-8-17(25-11-24-13)26-5-4-19(21,22)10-26/h7-9,11H,2-6,10,23H2,1H3. The fraction of sp³-hybridized carbons (Fsp3) is 0.474. The molecular weight excluding hydrogens is 357 g/mol. The molecule has 1 aliphatic heterocycles. The number of hydrogen-bond donors (Lipinski definition) is 1. The van der Waals surface area contributed by atoms with Gasteiger partial charge < -0.3 is 15.4 Å². The first-order valence-corrected chi connectivity index (χ1v) is 8.94. The molecule has 4 rings (SSSR count). The minimum absolute atomic E-state index is 0.174. The fourth-order valence-electron chi connectivity index (χ4n) is 3.17. The highest BCUT2D eigenvalue weighted by molar-refractivity contribution is 5.53. The second-order valence-electron chi connectivity index (χ2n) is 7.61. The van der Waals surface area contributed by atoms with Crippen LogP contribution in [0.15, 0.2) is 24.5 Å². The van der Waals surface area contributed by atoms with E-state index in [2.05, 4.69) is 9.97 Å². The van der Waals surface area contributed by atoms with Gasteiger partial charge in [0, 0.05) is 37.2 Å². The second kappa shape index (κ2) is 6.28. The maximum Gasteiger partial charge on any atom is 0.266 e. The SMILES string of the molecule is CC1(Oc2cc(Cc3cc(N4CCC(F)(F)C4)ncn3)c(N)cc2F)CC1. The topological polar surface area (TPSA) is 64.3 Å². The lowest BCUT2D eigenvalue weighted by molar-refractivity contribution is 0.0256. The van der Waals surface area contributed by atoms with Gasteiger partial charge in [-0.05, 0) is 31.4 Å². The van der Waals surface area contributed by atoms with E-state index in [0.717, 1.165) is 12.8 Å². The highest BCUT2D eigenvalue weighted by atomic mass is 19.3. The van der Waals surface area contributed by atoms with Crippen LogP contribution in [-0.2, 0) is 6.42 Å². The van der Waals surface area contributed by atoms with Gasteiger partial charge >= 0.3 is 0 Å². The number of nitrogens with two attached hydrogens (primary N) is 1. The maximum atomic E-state index is 14.2. The van der Waals surface area contributed by atoms with Crippen molar-refractivity contribution >= 4 is 11.5 Å². The number of benzene rings is 1. The molecule has 1 aromatic carbocycles. The zero-order valence-corrected chi connectivity index (χ0v) is 15.0. The van der Waals surface area contributed by atoms with Gasteiger partial charge in [0.1, 0.15) is 17.7 Å². The fourth-order valence-corrected chi connectivity index (χ4v) is 3.17. The zero-order valence-electron chi connectivity index (χ0n) is 15.0. The molecule has 1 saturated heterocycles. The molecule has 0 spiro atoms. The van der Waals surface area contributed by atoms with Gasteiger partial charge in [-0.15, -0.1) is 0 Å². The van der Waals surface area contributed by atoms with Gasteiger partial charge in [-0.1, -0.05) is 0 Å². The molecule has 1 aromatic heterocycles. The molecule has 0 amide bonds. The highest BCUT2D eigenvalue weighted by Crippen LogP contribution is 2.41. The summed E-state index contributed by atoms with van der Waals surface area (Å²) >= 11 is 0. The van der Waals surface area contributed by atoms with E-state index in [4.69, 9.17) is 10.5 Å². The lowest BCUT2D eigenvalue weighted by atomic mass is 10.1. The average Bonchev–Trinajstić information content (AvgIpc) is 3.21. The van der Waals surface area contributed by atoms with Crippen molar-refractivity contribution in [3.63, 3.8) is 0 Å². The average molecular weight is 378 g/mol. The number of hydrogen-bond acceptors (Lipinski definition) is 5. The van der Waals surface area contributed by atoms with E-state index < -0.39 is 11.7 Å². The van der Waals surface area contributed by atoms with Crippen molar-refractivity contribution in [2.75, 3.05) is 23.7 Å². The largest absolute Gasteiger partial charge is 0.484 e. The molecule has 144 valence electrons. The Bertz CT molecular complexity index is 870. The Morgan fingerprint density at radius 2 is 1.96 bits per heavy atom. The summed E-state index contributed by atoms with van der Waals surface area (Å²) in [6.07, 6.45) is 3.28. The Balaban J connectivity index is 1.55. The smallest absolute Gasteiger partial charge is 0.266 e. The second-order valence-corrected chi connectivity index (χ2v) is 7.61. The first-order chi connectivity index (χ1) is 12.7. The predicted molar refractivity (Wildman–Crippen MR) is 95.7 cm³/mol. The molecule has 1 saturated carbocycles. The third-order valence-electron chi connectivity index (χ3n) is 5.08. The number of anilines is 2. The van der Waals surface area contributed by atoms with Crippen LogP contribution in [0.5, 0.6) is 5.75 Å². The van der Waals surface area contributed by atoms with Crippen LogP contribution in [0.25, 0.3) is 0 Å². The molecule has 0 bridgehead atoms. The third-order valence-corrected chi connectivity index (χ3v) is 5.08. The summed E-state index contributed by atoms with van der Waals surface area (Å²) in [5.41, 5.74) is 7.25. The molecule has 1 aliphatic carbocycles. The molecule has 2 heterocycles. The van der Waals surface area contributed by atoms with Crippen LogP contribution in [0.4, 0.5) is 24.7 Å². The van der Waals surface area contributed by atoms with Crippen molar-refractivity contribution in [2.45, 2.75) is 44.1 Å². The van der Waals surface area contributed by atoms with Crippen LogP contribution in [0.2, 0.25) is 0 Å². The number of nitrogens with zero attached hydrogens (tertiary/aromatic N) is 3. The lowest BCUT2D eigenvalue weighted by Gasteiger charge is -2.18. The molecule has 2 fully saturated rings. The van der Waals surface area contributed by atoms with Crippen LogP contribution in [0.1, 0.15) is 37.4 Å². The number of alkyl halides is 2. The Hall–Kier alpha value is -2.51. The number of ether oxygens (including phenoxy) is 1. The molecule has 2 aromatic rings. The van der Waals surface area contributed by atoms with Gasteiger partial charge in [-0.3, -0.25) is 0 Å². The van der Waals surface area contributed by atoms with E-state index in [1.807, 2.05) is 6.92 Å². The van der Waals surface area contributed by atoms with E-state index in [0.29, 0.717) is 29.2 Å². The van der Waals surface area contributed by atoms with Crippen LogP contribution >= 0.6 is 0 Å². The predicted octanol–water partition coefficient (Wildman–Crippen LogP) is 3.57. The molecular formula is C19H21F3N4O. The van der Waals surface area contributed by atoms with Gasteiger partial charge in [-0.25, -0.2) is 23.1 Å². The van der Waals surface area contributed by atoms with Crippen LogP contribution in [0, 0.1) is 5.82 Å². The first-order valence-electron chi connectivity index (χ1n) is 8.94. The number of nitrogen functional groups attached to an aromatic ring is 1. The number of aromatic nitrogens is 2. The van der Waals surface area contributed by atoms with Gasteiger partial charge in [0.15, 0.2) is 11.6 Å². The Kier molecular flexibility index (Phi) is 4.16. The summed E-state index contributed by atoms with van der Waals surface area (Å²) < 4.78 is 46.8. The minimum atomic E-state index is -2.70. The third kappa shape index (κ3) is 3.94. The zero-order chi connectivity index (χ0) is 19.2. The molecule has 0 atom stereocenters. The van der Waals surface area contributed by atoms with Gasteiger partial charge in [0.05, 0.1) is 12.2 Å². The van der Waals surface area contributed by atoms with Crippen molar-refractivity contribution in [3.05, 3.63) is 41.6 Å². The first kappa shape index (κ1) is 17.9. The molecule has 0 radical (unpaired) electrons. The lowest BCUT2D eigenvalue weighted by Crippen LogP contribution is -2.25. The molecule has 2 aliphatic rings. The van der Waals surface area contributed by atoms with Crippen LogP contribution < -0.4 is 15.4 Å². The number of rotatable bonds is 5. The monoisotopic (exact) mass is 378 g/mol. The quantitative estimate of drug-likeness (QED) is 0.806. The molecule has 2 N–H and O–H groups in total. The van der Waals surface area contributed by atoms with Crippen LogP contribution in [0.3, 0.4) is 0 Å². The number of halogens is 3. The normalized spacial score (nSPS) is 19.9. The molecule has 5 nitrogen and oxygen atoms in total. The van der Waals surface area contributed by atoms with E-state index in [1.54, 1.807) is 17.0 Å². The van der Waals surface area contributed by atoms with Crippen molar-refractivity contribution in [1.82, 2.24) is 9.97 Å². The molecule has 0 unspecified atom stereocenters. The van der Waals surface area contributed by atoms with Crippen molar-refractivity contribution in [1.29, 1.82) is 0 Å². The van der Waals surface area contributed by atoms with Crippen molar-refractivity contribution in [3.8, 4) is 5.75 Å². The Morgan fingerprint density at radius 1 is 1.19 bits per heavy atom. The van der Waals surface area contributed by atoms with E-state index >= 15 is 0 Å². The van der Waals surface area contributed by atoms with Crippen molar-refractivity contribution < 1.29 is 17.9 Å². The molecule has 8 heteroatoms. The summed E-state index contributed by atoms with van der Waals surface area (Å²) in [5.74, 6) is -2.56. The Morgan fingerprint density at radius 3 is 2.63 bits per heavy atom. The van der Waals surface area contributed by atoms with Crippen LogP contribution in [-0.4, -0.2) is 34.6 Å². The van der Waals surface area contributed by atoms with Gasteiger partial charge in [0.25, 0.3) is 5.92 Å². The molecule has 27 heavy (non-hydrogen) atoms. The minimum Gasteiger partial charge on any atom is -0.484 e. The van der Waals surface area contributed by atoms with Gasteiger partial charge in [-0.2, -0.15) is 0 Å². The summed E-state index contributed by atoms with van der Waals surface area (Å²) in [6, 6.07) is 4.52.